The normalized spacial score (nSPS) is 12.5. The number of benzene rings is 2. The van der Waals surface area contributed by atoms with Gasteiger partial charge >= 0.3 is 0 Å². The summed E-state index contributed by atoms with van der Waals surface area (Å²) in [6, 6.07) is 16.2. The molecule has 0 radical (unpaired) electrons. The summed E-state index contributed by atoms with van der Waals surface area (Å²) in [5, 5.41) is 0. The Kier molecular flexibility index (Phi) is 5.77. The molecule has 4 heteroatoms. The van der Waals surface area contributed by atoms with Gasteiger partial charge in [-0.05, 0) is 36.8 Å². The molecule has 0 saturated carbocycles. The zero-order valence-corrected chi connectivity index (χ0v) is 14.1. The number of methoxy groups -OCH3 is 1. The van der Waals surface area contributed by atoms with Gasteiger partial charge in [-0.3, -0.25) is 0 Å². The van der Waals surface area contributed by atoms with Gasteiger partial charge in [0.2, 0.25) is 0 Å². The lowest BCUT2D eigenvalue weighted by molar-refractivity contribution is 0.415. The zero-order valence-electron chi connectivity index (χ0n) is 13.3. The lowest BCUT2D eigenvalue weighted by Crippen LogP contribution is -2.07. The summed E-state index contributed by atoms with van der Waals surface area (Å²) in [5.41, 5.74) is 1.82. The largest absolute Gasteiger partial charge is 0.497 e. The summed E-state index contributed by atoms with van der Waals surface area (Å²) >= 11 is 0. The Morgan fingerprint density at radius 2 is 1.70 bits per heavy atom. The molecule has 0 saturated heterocycles. The van der Waals surface area contributed by atoms with Crippen LogP contribution in [-0.4, -0.2) is 21.3 Å². The van der Waals surface area contributed by atoms with Crippen LogP contribution < -0.4 is 4.74 Å². The zero-order chi connectivity index (χ0) is 16.7. The summed E-state index contributed by atoms with van der Waals surface area (Å²) in [4.78, 5) is 0.354. The lowest BCUT2D eigenvalue weighted by Gasteiger charge is -2.04. The van der Waals surface area contributed by atoms with Gasteiger partial charge in [0.05, 0.1) is 17.8 Å². The van der Waals surface area contributed by atoms with Crippen LogP contribution in [0.4, 0.5) is 0 Å². The number of hydrogen-bond acceptors (Lipinski definition) is 3. The van der Waals surface area contributed by atoms with Gasteiger partial charge < -0.3 is 4.74 Å². The number of ether oxygens (including phenoxy) is 1. The Morgan fingerprint density at radius 1 is 1.04 bits per heavy atom. The molecule has 120 valence electrons. The molecule has 0 aliphatic heterocycles. The monoisotopic (exact) mass is 328 g/mol. The predicted octanol–water partition coefficient (Wildman–Crippen LogP) is 4.13. The fourth-order valence-corrected chi connectivity index (χ4v) is 3.53. The van der Waals surface area contributed by atoms with Gasteiger partial charge in [-0.15, -0.1) is 0 Å². The molecule has 23 heavy (non-hydrogen) atoms. The van der Waals surface area contributed by atoms with E-state index in [1.807, 2.05) is 49.4 Å². The van der Waals surface area contributed by atoms with Gasteiger partial charge in [-0.2, -0.15) is 0 Å². The smallest absolute Gasteiger partial charge is 0.182 e. The predicted molar refractivity (Wildman–Crippen MR) is 94.3 cm³/mol. The van der Waals surface area contributed by atoms with Crippen LogP contribution in [0.15, 0.2) is 77.2 Å². The van der Waals surface area contributed by atoms with E-state index in [1.54, 1.807) is 37.4 Å². The van der Waals surface area contributed by atoms with Gasteiger partial charge in [-0.1, -0.05) is 54.1 Å². The molecule has 0 atom stereocenters. The molecule has 0 amide bonds. The summed E-state index contributed by atoms with van der Waals surface area (Å²) in [6.45, 7) is 1.82. The minimum absolute atomic E-state index is 0.0178. The van der Waals surface area contributed by atoms with Crippen molar-refractivity contribution in [1.29, 1.82) is 0 Å². The van der Waals surface area contributed by atoms with Gasteiger partial charge in [0.25, 0.3) is 0 Å². The molecule has 0 heterocycles. The second-order valence-electron chi connectivity index (χ2n) is 5.22. The van der Waals surface area contributed by atoms with Crippen molar-refractivity contribution in [1.82, 2.24) is 0 Å². The third-order valence-corrected chi connectivity index (χ3v) is 5.13. The van der Waals surface area contributed by atoms with Gasteiger partial charge in [0.1, 0.15) is 5.75 Å². The number of rotatable bonds is 6. The molecule has 0 fully saturated rings. The minimum atomic E-state index is -3.28. The average molecular weight is 328 g/mol. The maximum Gasteiger partial charge on any atom is 0.182 e. The summed E-state index contributed by atoms with van der Waals surface area (Å²) in [6.07, 6.45) is 5.61. The highest BCUT2D eigenvalue weighted by molar-refractivity contribution is 7.91. The molecule has 0 N–H and O–H groups in total. The van der Waals surface area contributed by atoms with E-state index < -0.39 is 9.84 Å². The molecular weight excluding hydrogens is 308 g/mol. The van der Waals surface area contributed by atoms with Crippen molar-refractivity contribution in [2.45, 2.75) is 11.8 Å². The van der Waals surface area contributed by atoms with Crippen molar-refractivity contribution in [2.75, 3.05) is 12.9 Å². The van der Waals surface area contributed by atoms with Crippen LogP contribution in [0, 0.1) is 0 Å². The van der Waals surface area contributed by atoms with Crippen LogP contribution >= 0.6 is 0 Å². The van der Waals surface area contributed by atoms with E-state index in [4.69, 9.17) is 4.74 Å². The molecule has 0 unspecified atom stereocenters. The van der Waals surface area contributed by atoms with Crippen molar-refractivity contribution >= 4 is 15.9 Å². The van der Waals surface area contributed by atoms with Crippen LogP contribution in [0.25, 0.3) is 6.08 Å². The Morgan fingerprint density at radius 3 is 2.30 bits per heavy atom. The van der Waals surface area contributed by atoms with Crippen molar-refractivity contribution < 1.29 is 13.2 Å². The van der Waals surface area contributed by atoms with E-state index in [9.17, 15) is 8.42 Å². The summed E-state index contributed by atoms with van der Waals surface area (Å²) in [7, 11) is -1.65. The molecule has 2 aromatic carbocycles. The Bertz CT molecular complexity index is 786. The third kappa shape index (κ3) is 5.11. The third-order valence-electron chi connectivity index (χ3n) is 3.31. The van der Waals surface area contributed by atoms with E-state index in [0.717, 1.165) is 16.9 Å². The van der Waals surface area contributed by atoms with Crippen molar-refractivity contribution in [3.8, 4) is 5.75 Å². The van der Waals surface area contributed by atoms with E-state index in [2.05, 4.69) is 0 Å². The lowest BCUT2D eigenvalue weighted by atomic mass is 10.2. The van der Waals surface area contributed by atoms with E-state index in [1.165, 1.54) is 0 Å². The second kappa shape index (κ2) is 7.79. The maximum atomic E-state index is 12.3. The first-order valence-corrected chi connectivity index (χ1v) is 8.92. The maximum absolute atomic E-state index is 12.3. The van der Waals surface area contributed by atoms with Gasteiger partial charge in [0.15, 0.2) is 9.84 Å². The van der Waals surface area contributed by atoms with E-state index in [0.29, 0.717) is 4.90 Å². The quantitative estimate of drug-likeness (QED) is 0.749. The summed E-state index contributed by atoms with van der Waals surface area (Å²) in [5.74, 6) is 0.826. The second-order valence-corrected chi connectivity index (χ2v) is 7.21. The standard InChI is InChI=1S/C19H20O3S/c1-16(15-23(20,21)19-9-4-3-5-10-19)7-6-8-17-11-13-18(22-2)14-12-17/h3-14H,15H2,1-2H3. The highest BCUT2D eigenvalue weighted by atomic mass is 32.2. The highest BCUT2D eigenvalue weighted by Gasteiger charge is 2.13. The van der Waals surface area contributed by atoms with Crippen molar-refractivity contribution in [3.63, 3.8) is 0 Å². The first-order chi connectivity index (χ1) is 11.0. The molecule has 0 aromatic heterocycles. The molecule has 0 aliphatic carbocycles. The number of allylic oxidation sites excluding steroid dienone is 2. The Hall–Kier alpha value is -2.33. The van der Waals surface area contributed by atoms with Crippen LogP contribution in [0.2, 0.25) is 0 Å². The molecule has 2 rings (SSSR count). The number of sulfone groups is 1. The van der Waals surface area contributed by atoms with Gasteiger partial charge in [-0.25, -0.2) is 8.42 Å². The molecule has 0 aliphatic rings. The molecule has 0 spiro atoms. The van der Waals surface area contributed by atoms with Crippen LogP contribution in [0.1, 0.15) is 12.5 Å². The first kappa shape index (κ1) is 17.0. The van der Waals surface area contributed by atoms with E-state index >= 15 is 0 Å². The molecule has 0 bridgehead atoms. The topological polar surface area (TPSA) is 43.4 Å². The van der Waals surface area contributed by atoms with Crippen LogP contribution in [0.3, 0.4) is 0 Å². The SMILES string of the molecule is COc1ccc(C=CC=C(C)CS(=O)(=O)c2ccccc2)cc1. The molecule has 2 aromatic rings. The molecular formula is C19H20O3S. The van der Waals surface area contributed by atoms with Crippen molar-refractivity contribution in [3.05, 3.63) is 77.9 Å². The fraction of sp³-hybridized carbons (Fsp3) is 0.158. The van der Waals surface area contributed by atoms with Crippen LogP contribution in [-0.2, 0) is 9.84 Å². The van der Waals surface area contributed by atoms with Gasteiger partial charge in [0, 0.05) is 0 Å². The van der Waals surface area contributed by atoms with E-state index in [-0.39, 0.29) is 5.75 Å². The fourth-order valence-electron chi connectivity index (χ4n) is 2.10. The van der Waals surface area contributed by atoms with Crippen molar-refractivity contribution in [2.24, 2.45) is 0 Å². The summed E-state index contributed by atoms with van der Waals surface area (Å²) < 4.78 is 29.6. The highest BCUT2D eigenvalue weighted by Crippen LogP contribution is 2.14. The average Bonchev–Trinajstić information content (AvgIpc) is 2.56. The first-order valence-electron chi connectivity index (χ1n) is 7.27. The Balaban J connectivity index is 2.03. The minimum Gasteiger partial charge on any atom is -0.497 e. The molecule has 3 nitrogen and oxygen atoms in total. The van der Waals surface area contributed by atoms with Crippen LogP contribution in [0.5, 0.6) is 5.75 Å². The number of hydrogen-bond donors (Lipinski definition) is 0. The Labute approximate surface area is 137 Å².